The molecular formula is C14H15NO2. The Labute approximate surface area is 100 Å². The van der Waals surface area contributed by atoms with Crippen LogP contribution in [0.3, 0.4) is 0 Å². The molecule has 1 aliphatic carbocycles. The van der Waals surface area contributed by atoms with Crippen molar-refractivity contribution in [2.45, 2.75) is 31.8 Å². The summed E-state index contributed by atoms with van der Waals surface area (Å²) in [6.45, 7) is 1.87. The van der Waals surface area contributed by atoms with E-state index in [2.05, 4.69) is 0 Å². The van der Waals surface area contributed by atoms with Gasteiger partial charge in [-0.15, -0.1) is 0 Å². The molecule has 0 atom stereocenters. The van der Waals surface area contributed by atoms with Gasteiger partial charge in [-0.05, 0) is 44.4 Å². The SMILES string of the molecule is Cc1c(O)ccc2c1C=C(C=N)C1(CCC1)O2. The first-order valence-corrected chi connectivity index (χ1v) is 5.90. The lowest BCUT2D eigenvalue weighted by Gasteiger charge is -2.45. The second-order valence-corrected chi connectivity index (χ2v) is 4.82. The molecule has 1 aromatic carbocycles. The Morgan fingerprint density at radius 3 is 2.76 bits per heavy atom. The first kappa shape index (κ1) is 10.4. The number of benzene rings is 1. The van der Waals surface area contributed by atoms with E-state index in [0.717, 1.165) is 41.7 Å². The Morgan fingerprint density at radius 2 is 2.18 bits per heavy atom. The quantitative estimate of drug-likeness (QED) is 0.727. The van der Waals surface area contributed by atoms with E-state index in [1.165, 1.54) is 6.21 Å². The Balaban J connectivity index is 2.17. The van der Waals surface area contributed by atoms with Crippen LogP contribution in [0.2, 0.25) is 0 Å². The van der Waals surface area contributed by atoms with Gasteiger partial charge in [0.05, 0.1) is 0 Å². The van der Waals surface area contributed by atoms with Gasteiger partial charge in [0.25, 0.3) is 0 Å². The van der Waals surface area contributed by atoms with Crippen molar-refractivity contribution in [1.29, 1.82) is 5.41 Å². The summed E-state index contributed by atoms with van der Waals surface area (Å²) in [6, 6.07) is 3.48. The molecule has 1 saturated carbocycles. The van der Waals surface area contributed by atoms with Crippen molar-refractivity contribution in [2.24, 2.45) is 0 Å². The topological polar surface area (TPSA) is 53.3 Å². The van der Waals surface area contributed by atoms with Crippen molar-refractivity contribution < 1.29 is 9.84 Å². The summed E-state index contributed by atoms with van der Waals surface area (Å²) in [4.78, 5) is 0. The normalized spacial score (nSPS) is 19.9. The summed E-state index contributed by atoms with van der Waals surface area (Å²) < 4.78 is 6.06. The summed E-state index contributed by atoms with van der Waals surface area (Å²) in [7, 11) is 0. The van der Waals surface area contributed by atoms with Crippen LogP contribution in [0, 0.1) is 12.3 Å². The summed E-state index contributed by atoms with van der Waals surface area (Å²) >= 11 is 0. The van der Waals surface area contributed by atoms with Crippen LogP contribution in [0.15, 0.2) is 17.7 Å². The van der Waals surface area contributed by atoms with Crippen LogP contribution >= 0.6 is 0 Å². The molecule has 1 aliphatic heterocycles. The first-order valence-electron chi connectivity index (χ1n) is 5.90. The highest BCUT2D eigenvalue weighted by atomic mass is 16.5. The molecule has 0 bridgehead atoms. The molecule has 0 amide bonds. The lowest BCUT2D eigenvalue weighted by Crippen LogP contribution is -2.46. The summed E-state index contributed by atoms with van der Waals surface area (Å²) in [5.41, 5.74) is 2.38. The van der Waals surface area contributed by atoms with Crippen molar-refractivity contribution >= 4 is 12.3 Å². The van der Waals surface area contributed by atoms with Gasteiger partial charge in [0.1, 0.15) is 17.1 Å². The third-order valence-electron chi connectivity index (χ3n) is 3.89. The van der Waals surface area contributed by atoms with Crippen LogP contribution in [-0.2, 0) is 0 Å². The third-order valence-corrected chi connectivity index (χ3v) is 3.89. The van der Waals surface area contributed by atoms with E-state index in [1.807, 2.05) is 19.1 Å². The van der Waals surface area contributed by atoms with Gasteiger partial charge in [-0.2, -0.15) is 0 Å². The molecule has 1 spiro atoms. The number of hydrogen-bond acceptors (Lipinski definition) is 3. The first-order chi connectivity index (χ1) is 8.16. The number of nitrogens with one attached hydrogen (secondary N) is 1. The molecule has 3 rings (SSSR count). The van der Waals surface area contributed by atoms with E-state index in [0.29, 0.717) is 0 Å². The van der Waals surface area contributed by atoms with Gasteiger partial charge in [0.15, 0.2) is 0 Å². The van der Waals surface area contributed by atoms with Crippen molar-refractivity contribution in [3.05, 3.63) is 28.8 Å². The fraction of sp³-hybridized carbons (Fsp3) is 0.357. The standard InChI is InChI=1S/C14H15NO2/c1-9-11-7-10(8-15)14(5-2-6-14)17-13(11)4-3-12(9)16/h3-4,7-8,15-16H,2,5-6H2,1H3. The molecule has 2 aliphatic rings. The molecule has 1 fully saturated rings. The Morgan fingerprint density at radius 1 is 1.41 bits per heavy atom. The fourth-order valence-electron chi connectivity index (χ4n) is 2.58. The second kappa shape index (κ2) is 3.36. The van der Waals surface area contributed by atoms with E-state index in [-0.39, 0.29) is 11.4 Å². The molecule has 3 nitrogen and oxygen atoms in total. The van der Waals surface area contributed by atoms with Crippen molar-refractivity contribution in [3.8, 4) is 11.5 Å². The predicted molar refractivity (Wildman–Crippen MR) is 66.8 cm³/mol. The highest BCUT2D eigenvalue weighted by Gasteiger charge is 2.44. The number of ether oxygens (including phenoxy) is 1. The number of phenolic OH excluding ortho intramolecular Hbond substituents is 1. The lowest BCUT2D eigenvalue weighted by atomic mass is 9.73. The van der Waals surface area contributed by atoms with Crippen molar-refractivity contribution in [3.63, 3.8) is 0 Å². The largest absolute Gasteiger partial charge is 0.508 e. The summed E-state index contributed by atoms with van der Waals surface area (Å²) in [5, 5.41) is 17.2. The zero-order chi connectivity index (χ0) is 12.0. The minimum atomic E-state index is -0.266. The number of hydrogen-bond donors (Lipinski definition) is 2. The van der Waals surface area contributed by atoms with Gasteiger partial charge in [0, 0.05) is 22.9 Å². The number of rotatable bonds is 1. The van der Waals surface area contributed by atoms with Crippen LogP contribution in [0.25, 0.3) is 6.08 Å². The Kier molecular flexibility index (Phi) is 2.05. The zero-order valence-electron chi connectivity index (χ0n) is 9.79. The van der Waals surface area contributed by atoms with E-state index >= 15 is 0 Å². The van der Waals surface area contributed by atoms with Crippen molar-refractivity contribution in [1.82, 2.24) is 0 Å². The molecule has 1 aromatic rings. The molecule has 0 saturated heterocycles. The van der Waals surface area contributed by atoms with Crippen LogP contribution < -0.4 is 4.74 Å². The lowest BCUT2D eigenvalue weighted by molar-refractivity contribution is 0.0323. The van der Waals surface area contributed by atoms with Crippen LogP contribution in [0.4, 0.5) is 0 Å². The number of aromatic hydroxyl groups is 1. The fourth-order valence-corrected chi connectivity index (χ4v) is 2.58. The van der Waals surface area contributed by atoms with Gasteiger partial charge in [-0.1, -0.05) is 0 Å². The molecule has 0 aromatic heterocycles. The molecule has 3 heteroatoms. The zero-order valence-corrected chi connectivity index (χ0v) is 9.79. The molecule has 0 radical (unpaired) electrons. The Hall–Kier alpha value is -1.77. The minimum absolute atomic E-state index is 0.266. The maximum absolute atomic E-state index is 9.69. The summed E-state index contributed by atoms with van der Waals surface area (Å²) in [6.07, 6.45) is 6.48. The molecule has 2 N–H and O–H groups in total. The molecule has 0 unspecified atom stereocenters. The van der Waals surface area contributed by atoms with Gasteiger partial charge < -0.3 is 15.3 Å². The average Bonchev–Trinajstić information content (AvgIpc) is 2.30. The average molecular weight is 229 g/mol. The van der Waals surface area contributed by atoms with Gasteiger partial charge in [-0.3, -0.25) is 0 Å². The number of fused-ring (bicyclic) bond motifs is 1. The van der Waals surface area contributed by atoms with Crippen LogP contribution in [0.5, 0.6) is 11.5 Å². The molecule has 1 heterocycles. The maximum Gasteiger partial charge on any atom is 0.135 e. The highest BCUT2D eigenvalue weighted by molar-refractivity contribution is 5.89. The van der Waals surface area contributed by atoms with E-state index in [4.69, 9.17) is 10.1 Å². The Bertz CT molecular complexity index is 527. The monoisotopic (exact) mass is 229 g/mol. The second-order valence-electron chi connectivity index (χ2n) is 4.82. The van der Waals surface area contributed by atoms with E-state index < -0.39 is 0 Å². The molecule has 88 valence electrons. The van der Waals surface area contributed by atoms with Gasteiger partial charge >= 0.3 is 0 Å². The summed E-state index contributed by atoms with van der Waals surface area (Å²) in [5.74, 6) is 1.10. The number of phenols is 1. The van der Waals surface area contributed by atoms with Gasteiger partial charge in [0.2, 0.25) is 0 Å². The van der Waals surface area contributed by atoms with Crippen LogP contribution in [-0.4, -0.2) is 16.9 Å². The third kappa shape index (κ3) is 1.32. The van der Waals surface area contributed by atoms with Gasteiger partial charge in [-0.25, -0.2) is 0 Å². The van der Waals surface area contributed by atoms with Crippen molar-refractivity contribution in [2.75, 3.05) is 0 Å². The minimum Gasteiger partial charge on any atom is -0.508 e. The molecular weight excluding hydrogens is 214 g/mol. The van der Waals surface area contributed by atoms with E-state index in [9.17, 15) is 5.11 Å². The molecule has 17 heavy (non-hydrogen) atoms. The highest BCUT2D eigenvalue weighted by Crippen LogP contribution is 2.47. The van der Waals surface area contributed by atoms with Crippen LogP contribution in [0.1, 0.15) is 30.4 Å². The smallest absolute Gasteiger partial charge is 0.135 e. The maximum atomic E-state index is 9.69. The predicted octanol–water partition coefficient (Wildman–Crippen LogP) is 3.05. The van der Waals surface area contributed by atoms with E-state index in [1.54, 1.807) is 6.07 Å².